The first-order valence-electron chi connectivity index (χ1n) is 8.29. The maximum atomic E-state index is 12.6. The summed E-state index contributed by atoms with van der Waals surface area (Å²) < 4.78 is 0. The molecule has 3 aromatic heterocycles. The highest BCUT2D eigenvalue weighted by atomic mass is 32.2. The minimum atomic E-state index is -0.270. The molecule has 4 rings (SSSR count). The van der Waals surface area contributed by atoms with Crippen LogP contribution in [0.5, 0.6) is 0 Å². The summed E-state index contributed by atoms with van der Waals surface area (Å²) in [6.45, 7) is 1.94. The van der Waals surface area contributed by atoms with E-state index < -0.39 is 0 Å². The van der Waals surface area contributed by atoms with Crippen molar-refractivity contribution < 1.29 is 4.79 Å². The lowest BCUT2D eigenvalue weighted by Gasteiger charge is -2.09. The van der Waals surface area contributed by atoms with Gasteiger partial charge in [-0.25, -0.2) is 24.9 Å². The molecule has 7 nitrogen and oxygen atoms in total. The molecule has 0 radical (unpaired) electrons. The van der Waals surface area contributed by atoms with Crippen LogP contribution in [0.1, 0.15) is 16.1 Å². The Kier molecular flexibility index (Phi) is 5.36. The lowest BCUT2D eigenvalue weighted by atomic mass is 10.2. The first kappa shape index (κ1) is 18.2. The fraction of sp³-hybridized carbons (Fsp3) is 0.0526. The lowest BCUT2D eigenvalue weighted by Crippen LogP contribution is -2.13. The molecule has 28 heavy (non-hydrogen) atoms. The molecule has 3 heterocycles. The molecule has 0 aliphatic carbocycles. The zero-order valence-corrected chi connectivity index (χ0v) is 16.4. The summed E-state index contributed by atoms with van der Waals surface area (Å²) in [6.07, 6.45) is 6.71. The van der Waals surface area contributed by atoms with Crippen molar-refractivity contribution in [1.29, 1.82) is 0 Å². The maximum absolute atomic E-state index is 12.6. The number of carbonyl (C=O) groups excluding carboxylic acids is 1. The largest absolute Gasteiger partial charge is 0.320 e. The van der Waals surface area contributed by atoms with Crippen molar-refractivity contribution in [3.05, 3.63) is 71.8 Å². The van der Waals surface area contributed by atoms with E-state index in [1.165, 1.54) is 23.1 Å². The van der Waals surface area contributed by atoms with Crippen LogP contribution in [0.4, 0.5) is 5.69 Å². The van der Waals surface area contributed by atoms with Crippen molar-refractivity contribution >= 4 is 34.7 Å². The van der Waals surface area contributed by atoms with Crippen LogP contribution in [0.2, 0.25) is 0 Å². The summed E-state index contributed by atoms with van der Waals surface area (Å²) >= 11 is 2.80. The van der Waals surface area contributed by atoms with Gasteiger partial charge in [-0.1, -0.05) is 0 Å². The van der Waals surface area contributed by atoms with Crippen LogP contribution in [-0.4, -0.2) is 30.8 Å². The van der Waals surface area contributed by atoms with Gasteiger partial charge in [0.05, 0.1) is 0 Å². The Balaban J connectivity index is 1.47. The molecule has 0 aliphatic rings. The SMILES string of the molecule is Cc1cc(Sc2ncccn2)ccc1NC(=O)c1csc(-c2ncccn2)n1. The quantitative estimate of drug-likeness (QED) is 0.499. The average molecular weight is 406 g/mol. The Morgan fingerprint density at radius 3 is 2.46 bits per heavy atom. The van der Waals surface area contributed by atoms with E-state index >= 15 is 0 Å². The number of carbonyl (C=O) groups is 1. The molecule has 0 unspecified atom stereocenters. The van der Waals surface area contributed by atoms with Crippen LogP contribution < -0.4 is 5.32 Å². The molecule has 0 atom stereocenters. The van der Waals surface area contributed by atoms with E-state index in [0.717, 1.165) is 16.1 Å². The molecule has 0 bridgehead atoms. The van der Waals surface area contributed by atoms with E-state index in [1.807, 2.05) is 25.1 Å². The minimum Gasteiger partial charge on any atom is -0.320 e. The molecule has 0 saturated carbocycles. The van der Waals surface area contributed by atoms with E-state index in [4.69, 9.17) is 0 Å². The predicted octanol–water partition coefficient (Wildman–Crippen LogP) is 4.10. The Bertz CT molecular complexity index is 1100. The summed E-state index contributed by atoms with van der Waals surface area (Å²) in [5.41, 5.74) is 2.01. The molecular weight excluding hydrogens is 392 g/mol. The van der Waals surface area contributed by atoms with Gasteiger partial charge in [-0.2, -0.15) is 0 Å². The smallest absolute Gasteiger partial charge is 0.275 e. The normalized spacial score (nSPS) is 10.6. The Morgan fingerprint density at radius 1 is 1.04 bits per heavy atom. The Labute approximate surface area is 169 Å². The molecule has 0 saturated heterocycles. The molecule has 138 valence electrons. The molecule has 4 aromatic rings. The minimum absolute atomic E-state index is 0.270. The van der Waals surface area contributed by atoms with Gasteiger partial charge in [0.25, 0.3) is 5.91 Å². The molecule has 0 fully saturated rings. The van der Waals surface area contributed by atoms with Gasteiger partial charge in [0.2, 0.25) is 0 Å². The highest BCUT2D eigenvalue weighted by Gasteiger charge is 2.14. The topological polar surface area (TPSA) is 93.6 Å². The number of benzene rings is 1. The van der Waals surface area contributed by atoms with Crippen LogP contribution in [0.15, 0.2) is 70.6 Å². The van der Waals surface area contributed by atoms with E-state index in [2.05, 4.69) is 30.2 Å². The van der Waals surface area contributed by atoms with Crippen LogP contribution in [-0.2, 0) is 0 Å². The van der Waals surface area contributed by atoms with Crippen molar-refractivity contribution in [1.82, 2.24) is 24.9 Å². The number of amides is 1. The first-order chi connectivity index (χ1) is 13.7. The fourth-order valence-electron chi connectivity index (χ4n) is 2.36. The van der Waals surface area contributed by atoms with E-state index in [-0.39, 0.29) is 5.91 Å². The molecule has 0 spiro atoms. The number of hydrogen-bond acceptors (Lipinski definition) is 8. The molecule has 1 aromatic carbocycles. The second-order valence-electron chi connectivity index (χ2n) is 5.67. The average Bonchev–Trinajstić information content (AvgIpc) is 3.22. The molecule has 0 aliphatic heterocycles. The Morgan fingerprint density at radius 2 is 1.75 bits per heavy atom. The van der Waals surface area contributed by atoms with Crippen LogP contribution in [0.3, 0.4) is 0 Å². The summed E-state index contributed by atoms with van der Waals surface area (Å²) in [5.74, 6) is 0.237. The zero-order chi connectivity index (χ0) is 19.3. The Hall–Kier alpha value is -3.17. The number of aromatic nitrogens is 5. The van der Waals surface area contributed by atoms with Crippen molar-refractivity contribution in [2.75, 3.05) is 5.32 Å². The maximum Gasteiger partial charge on any atom is 0.275 e. The second-order valence-corrected chi connectivity index (χ2v) is 7.57. The molecular formula is C19H14N6OS2. The van der Waals surface area contributed by atoms with Crippen molar-refractivity contribution in [2.24, 2.45) is 0 Å². The lowest BCUT2D eigenvalue weighted by molar-refractivity contribution is 0.102. The first-order valence-corrected chi connectivity index (χ1v) is 9.98. The number of hydrogen-bond donors (Lipinski definition) is 1. The molecule has 1 amide bonds. The van der Waals surface area contributed by atoms with Gasteiger partial charge >= 0.3 is 0 Å². The monoisotopic (exact) mass is 406 g/mol. The number of nitrogens with zero attached hydrogens (tertiary/aromatic N) is 5. The van der Waals surface area contributed by atoms with Crippen LogP contribution >= 0.6 is 23.1 Å². The van der Waals surface area contributed by atoms with Gasteiger partial charge in [-0.05, 0) is 54.6 Å². The van der Waals surface area contributed by atoms with E-state index in [0.29, 0.717) is 21.7 Å². The van der Waals surface area contributed by atoms with Gasteiger partial charge < -0.3 is 5.32 Å². The highest BCUT2D eigenvalue weighted by molar-refractivity contribution is 7.99. The summed E-state index contributed by atoms with van der Waals surface area (Å²) in [6, 6.07) is 9.29. The fourth-order valence-corrected chi connectivity index (χ4v) is 3.91. The van der Waals surface area contributed by atoms with Crippen LogP contribution in [0.25, 0.3) is 10.8 Å². The summed E-state index contributed by atoms with van der Waals surface area (Å²) in [5, 5.41) is 5.89. The van der Waals surface area contributed by atoms with Crippen molar-refractivity contribution in [3.8, 4) is 10.8 Å². The van der Waals surface area contributed by atoms with Gasteiger partial charge in [0, 0.05) is 40.8 Å². The third-order valence-electron chi connectivity index (χ3n) is 3.69. The van der Waals surface area contributed by atoms with Gasteiger partial charge in [-0.3, -0.25) is 4.79 Å². The number of aryl methyl sites for hydroxylation is 1. The number of thiazole rings is 1. The van der Waals surface area contributed by atoms with Crippen molar-refractivity contribution in [2.45, 2.75) is 17.0 Å². The van der Waals surface area contributed by atoms with Gasteiger partial charge in [-0.15, -0.1) is 11.3 Å². The summed E-state index contributed by atoms with van der Waals surface area (Å²) in [4.78, 5) is 34.6. The number of rotatable bonds is 5. The zero-order valence-electron chi connectivity index (χ0n) is 14.7. The molecule has 1 N–H and O–H groups in total. The second kappa shape index (κ2) is 8.24. The number of nitrogens with one attached hydrogen (secondary N) is 1. The third-order valence-corrected chi connectivity index (χ3v) is 5.41. The van der Waals surface area contributed by atoms with Gasteiger partial charge in [0.1, 0.15) is 5.69 Å². The van der Waals surface area contributed by atoms with Crippen molar-refractivity contribution in [3.63, 3.8) is 0 Å². The standard InChI is InChI=1S/C19H14N6OS2/c1-12-10-13(28-19-22-8-3-9-23-19)4-5-14(12)24-17(26)15-11-27-18(25-15)16-20-6-2-7-21-16/h2-11H,1H3,(H,24,26). The third kappa shape index (κ3) is 4.21. The predicted molar refractivity (Wildman–Crippen MR) is 108 cm³/mol. The highest BCUT2D eigenvalue weighted by Crippen LogP contribution is 2.28. The summed E-state index contributed by atoms with van der Waals surface area (Å²) in [7, 11) is 0. The molecule has 9 heteroatoms. The van der Waals surface area contributed by atoms with E-state index in [1.54, 1.807) is 42.3 Å². The van der Waals surface area contributed by atoms with Gasteiger partial charge in [0.15, 0.2) is 16.0 Å². The van der Waals surface area contributed by atoms with E-state index in [9.17, 15) is 4.79 Å². The number of anilines is 1. The van der Waals surface area contributed by atoms with Crippen LogP contribution in [0, 0.1) is 6.92 Å².